The molecule has 0 bridgehead atoms. The smallest absolute Gasteiger partial charge is 0.138 e. The van der Waals surface area contributed by atoms with Gasteiger partial charge in [0.15, 0.2) is 0 Å². The van der Waals surface area contributed by atoms with Crippen molar-refractivity contribution in [3.8, 4) is 17.6 Å². The topological polar surface area (TPSA) is 55.1 Å². The molecule has 0 saturated heterocycles. The summed E-state index contributed by atoms with van der Waals surface area (Å²) >= 11 is 1.53. The lowest BCUT2D eigenvalue weighted by Crippen LogP contribution is -2.16. The summed E-state index contributed by atoms with van der Waals surface area (Å²) in [6.07, 6.45) is 1.96. The summed E-state index contributed by atoms with van der Waals surface area (Å²) in [5.74, 6) is 2.20. The van der Waals surface area contributed by atoms with Gasteiger partial charge in [-0.15, -0.1) is 11.3 Å². The monoisotopic (exact) mass is 526 g/mol. The first-order valence-electron chi connectivity index (χ1n) is 12.9. The molecule has 39 heavy (non-hydrogen) atoms. The number of aromatic nitrogens is 1. The number of nitriles is 1. The summed E-state index contributed by atoms with van der Waals surface area (Å²) in [7, 11) is 0. The van der Waals surface area contributed by atoms with E-state index in [9.17, 15) is 5.26 Å². The molecule has 0 saturated carbocycles. The number of para-hydroxylation sites is 2. The number of hydrogen-bond donors (Lipinski definition) is 0. The summed E-state index contributed by atoms with van der Waals surface area (Å²) in [4.78, 5) is 4.78. The predicted octanol–water partition coefficient (Wildman–Crippen LogP) is 8.55. The van der Waals surface area contributed by atoms with Gasteiger partial charge < -0.3 is 9.47 Å². The van der Waals surface area contributed by atoms with E-state index in [2.05, 4.69) is 43.3 Å². The summed E-state index contributed by atoms with van der Waals surface area (Å²) in [6, 6.07) is 35.0. The molecule has 1 atom stereocenters. The number of rotatable bonds is 6. The van der Waals surface area contributed by atoms with Gasteiger partial charge >= 0.3 is 0 Å². The van der Waals surface area contributed by atoms with Crippen LogP contribution in [-0.2, 0) is 0 Å². The highest BCUT2D eigenvalue weighted by molar-refractivity contribution is 7.19. The standard InChI is InChI=1S/C34H26N2O2S/c1-3-37-26-18-16-24(17-19-26)33-28(20-25(21-35)34-36-29-9-5-7-11-31(29)39-34)32(23-14-12-22(2)13-15-23)27-8-4-6-10-30(27)38-33/h4-20,32H,3H2,1-2H3. The zero-order valence-electron chi connectivity index (χ0n) is 21.7. The highest BCUT2D eigenvalue weighted by atomic mass is 32.1. The second-order valence-electron chi connectivity index (χ2n) is 9.38. The van der Waals surface area contributed by atoms with Gasteiger partial charge in [-0.3, -0.25) is 0 Å². The van der Waals surface area contributed by atoms with Crippen molar-refractivity contribution in [3.63, 3.8) is 0 Å². The van der Waals surface area contributed by atoms with Crippen molar-refractivity contribution in [2.24, 2.45) is 0 Å². The van der Waals surface area contributed by atoms with Gasteiger partial charge in [-0.1, -0.05) is 60.2 Å². The van der Waals surface area contributed by atoms with E-state index in [-0.39, 0.29) is 5.92 Å². The molecule has 0 N–H and O–H groups in total. The molecule has 1 aromatic heterocycles. The number of hydrogen-bond acceptors (Lipinski definition) is 5. The number of ether oxygens (including phenoxy) is 2. The van der Waals surface area contributed by atoms with Crippen LogP contribution in [0.25, 0.3) is 21.5 Å². The Morgan fingerprint density at radius 2 is 1.72 bits per heavy atom. The van der Waals surface area contributed by atoms with Gasteiger partial charge in [-0.05, 0) is 68.0 Å². The Morgan fingerprint density at radius 1 is 0.974 bits per heavy atom. The molecule has 2 heterocycles. The zero-order valence-corrected chi connectivity index (χ0v) is 22.5. The van der Waals surface area contributed by atoms with Crippen LogP contribution in [0.3, 0.4) is 0 Å². The molecule has 6 rings (SSSR count). The first-order chi connectivity index (χ1) is 19.1. The van der Waals surface area contributed by atoms with Crippen LogP contribution in [0.1, 0.15) is 40.1 Å². The van der Waals surface area contributed by atoms with E-state index in [1.54, 1.807) is 0 Å². The maximum atomic E-state index is 10.3. The molecular formula is C34H26N2O2S. The Balaban J connectivity index is 1.59. The molecule has 1 unspecified atom stereocenters. The minimum absolute atomic E-state index is 0.130. The zero-order chi connectivity index (χ0) is 26.8. The second kappa shape index (κ2) is 10.6. The van der Waals surface area contributed by atoms with Gasteiger partial charge in [0.05, 0.1) is 22.4 Å². The van der Waals surface area contributed by atoms with Crippen LogP contribution in [-0.4, -0.2) is 11.6 Å². The molecular weight excluding hydrogens is 500 g/mol. The fourth-order valence-electron chi connectivity index (χ4n) is 4.93. The van der Waals surface area contributed by atoms with E-state index in [1.165, 1.54) is 16.9 Å². The molecule has 0 aliphatic carbocycles. The van der Waals surface area contributed by atoms with Crippen molar-refractivity contribution in [2.45, 2.75) is 19.8 Å². The van der Waals surface area contributed by atoms with E-state index in [0.29, 0.717) is 17.2 Å². The van der Waals surface area contributed by atoms with Crippen LogP contribution in [0.5, 0.6) is 11.5 Å². The fraction of sp³-hybridized carbons (Fsp3) is 0.118. The molecule has 0 radical (unpaired) electrons. The largest absolute Gasteiger partial charge is 0.494 e. The number of allylic oxidation sites excluding steroid dienone is 3. The van der Waals surface area contributed by atoms with Gasteiger partial charge in [0.2, 0.25) is 0 Å². The first-order valence-corrected chi connectivity index (χ1v) is 13.7. The van der Waals surface area contributed by atoms with Crippen LogP contribution < -0.4 is 9.47 Å². The molecule has 1 aliphatic rings. The van der Waals surface area contributed by atoms with E-state index >= 15 is 0 Å². The maximum absolute atomic E-state index is 10.3. The van der Waals surface area contributed by atoms with E-state index in [0.717, 1.165) is 49.7 Å². The summed E-state index contributed by atoms with van der Waals surface area (Å²) in [5, 5.41) is 11.0. The number of nitrogens with zero attached hydrogens (tertiary/aromatic N) is 2. The van der Waals surface area contributed by atoms with Crippen molar-refractivity contribution in [2.75, 3.05) is 6.61 Å². The first kappa shape index (κ1) is 24.7. The predicted molar refractivity (Wildman–Crippen MR) is 158 cm³/mol. The summed E-state index contributed by atoms with van der Waals surface area (Å²) in [6.45, 7) is 4.66. The quantitative estimate of drug-likeness (QED) is 0.208. The van der Waals surface area contributed by atoms with E-state index in [1.807, 2.05) is 79.7 Å². The summed E-state index contributed by atoms with van der Waals surface area (Å²) < 4.78 is 13.3. The lowest BCUT2D eigenvalue weighted by Gasteiger charge is -2.30. The van der Waals surface area contributed by atoms with Gasteiger partial charge in [0.1, 0.15) is 28.3 Å². The normalized spacial score (nSPS) is 15.0. The number of fused-ring (bicyclic) bond motifs is 2. The number of thiazole rings is 1. The van der Waals surface area contributed by atoms with Gasteiger partial charge in [0.25, 0.3) is 0 Å². The van der Waals surface area contributed by atoms with Crippen LogP contribution in [0.15, 0.2) is 109 Å². The Morgan fingerprint density at radius 3 is 2.46 bits per heavy atom. The minimum Gasteiger partial charge on any atom is -0.494 e. The Labute approximate surface area is 232 Å². The third kappa shape index (κ3) is 4.83. The van der Waals surface area contributed by atoms with Crippen molar-refractivity contribution in [1.29, 1.82) is 5.26 Å². The van der Waals surface area contributed by atoms with Gasteiger partial charge in [-0.25, -0.2) is 4.98 Å². The van der Waals surface area contributed by atoms with Crippen LogP contribution in [0, 0.1) is 18.3 Å². The van der Waals surface area contributed by atoms with Crippen molar-refractivity contribution in [1.82, 2.24) is 4.98 Å². The lowest BCUT2D eigenvalue weighted by molar-refractivity contribution is 0.340. The third-order valence-corrected chi connectivity index (χ3v) is 7.87. The molecule has 4 nitrogen and oxygen atoms in total. The molecule has 1 aliphatic heterocycles. The average Bonchev–Trinajstić information content (AvgIpc) is 3.41. The SMILES string of the molecule is CCOc1ccc(C2=C(C=C(C#N)c3nc4ccccc4s3)C(c3ccc(C)cc3)c3ccccc3O2)cc1. The third-order valence-electron chi connectivity index (χ3n) is 6.80. The minimum atomic E-state index is -0.130. The highest BCUT2D eigenvalue weighted by Crippen LogP contribution is 2.47. The second-order valence-corrected chi connectivity index (χ2v) is 10.4. The van der Waals surface area contributed by atoms with Gasteiger partial charge in [0, 0.05) is 22.6 Å². The van der Waals surface area contributed by atoms with Crippen molar-refractivity contribution < 1.29 is 9.47 Å². The number of aryl methyl sites for hydroxylation is 1. The van der Waals surface area contributed by atoms with E-state index < -0.39 is 0 Å². The molecule has 190 valence electrons. The average molecular weight is 527 g/mol. The fourth-order valence-corrected chi connectivity index (χ4v) is 5.86. The Kier molecular flexibility index (Phi) is 6.71. The maximum Gasteiger partial charge on any atom is 0.138 e. The molecule has 4 aromatic carbocycles. The van der Waals surface area contributed by atoms with Crippen LogP contribution in [0.2, 0.25) is 0 Å². The van der Waals surface area contributed by atoms with Crippen LogP contribution in [0.4, 0.5) is 0 Å². The van der Waals surface area contributed by atoms with Crippen LogP contribution >= 0.6 is 11.3 Å². The van der Waals surface area contributed by atoms with Crippen molar-refractivity contribution in [3.05, 3.63) is 136 Å². The summed E-state index contributed by atoms with van der Waals surface area (Å²) in [5.41, 5.74) is 6.61. The Hall–Kier alpha value is -4.66. The molecule has 5 aromatic rings. The van der Waals surface area contributed by atoms with Crippen molar-refractivity contribution >= 4 is 32.9 Å². The molecule has 5 heteroatoms. The molecule has 0 spiro atoms. The highest BCUT2D eigenvalue weighted by Gasteiger charge is 2.31. The molecule has 0 amide bonds. The molecule has 0 fully saturated rings. The number of benzene rings is 4. The van der Waals surface area contributed by atoms with Gasteiger partial charge in [-0.2, -0.15) is 5.26 Å². The Bertz CT molecular complexity index is 1720. The van der Waals surface area contributed by atoms with E-state index in [4.69, 9.17) is 14.5 Å². The lowest BCUT2D eigenvalue weighted by atomic mass is 9.80.